The molecule has 0 heterocycles. The van der Waals surface area contributed by atoms with Crippen LogP contribution in [0.4, 0.5) is 0 Å². The van der Waals surface area contributed by atoms with Crippen molar-refractivity contribution >= 4 is 25.0 Å². The monoisotopic (exact) mass is 318 g/mol. The van der Waals surface area contributed by atoms with Crippen LogP contribution in [0.2, 0.25) is 0 Å². The number of Topliss-reactive ketones (excluding diaryl/α,β-unsaturated/α-hetero) is 1. The first-order valence-electron chi connectivity index (χ1n) is 6.77. The van der Waals surface area contributed by atoms with E-state index in [1.807, 2.05) is 30.3 Å². The van der Waals surface area contributed by atoms with Gasteiger partial charge in [-0.15, -0.1) is 0 Å². The first-order valence-corrected chi connectivity index (χ1v) is 7.77. The van der Waals surface area contributed by atoms with Crippen molar-refractivity contribution in [1.82, 2.24) is 0 Å². The van der Waals surface area contributed by atoms with E-state index in [0.29, 0.717) is 17.2 Å². The highest BCUT2D eigenvalue weighted by atomic mass is 31.1. The van der Waals surface area contributed by atoms with E-state index in [9.17, 15) is 4.79 Å². The van der Waals surface area contributed by atoms with Crippen LogP contribution in [0.1, 0.15) is 17.3 Å². The van der Waals surface area contributed by atoms with Crippen LogP contribution in [-0.2, 0) is 0 Å². The zero-order valence-corrected chi connectivity index (χ0v) is 14.1. The Labute approximate surface area is 132 Å². The Kier molecular flexibility index (Phi) is 5.40. The SMILES string of the molecule is COc1cc(OC)c(OC)c(Pc2ccccc2C(C)=O)c1. The lowest BCUT2D eigenvalue weighted by molar-refractivity contribution is 0.101. The summed E-state index contributed by atoms with van der Waals surface area (Å²) in [5, 5.41) is 1.91. The minimum Gasteiger partial charge on any atom is -0.497 e. The molecule has 0 saturated heterocycles. The molecule has 0 N–H and O–H groups in total. The molecule has 2 aromatic carbocycles. The minimum atomic E-state index is 0.0527. The molecule has 4 nitrogen and oxygen atoms in total. The van der Waals surface area contributed by atoms with Gasteiger partial charge in [0.15, 0.2) is 17.3 Å². The highest BCUT2D eigenvalue weighted by Gasteiger charge is 2.15. The van der Waals surface area contributed by atoms with Gasteiger partial charge in [0.25, 0.3) is 0 Å². The van der Waals surface area contributed by atoms with Crippen molar-refractivity contribution in [2.24, 2.45) is 0 Å². The average Bonchev–Trinajstić information content (AvgIpc) is 2.54. The second kappa shape index (κ2) is 7.28. The van der Waals surface area contributed by atoms with Gasteiger partial charge in [-0.1, -0.05) is 32.8 Å². The topological polar surface area (TPSA) is 44.8 Å². The molecular weight excluding hydrogens is 299 g/mol. The van der Waals surface area contributed by atoms with Gasteiger partial charge >= 0.3 is 0 Å². The molecule has 0 aliphatic heterocycles. The summed E-state index contributed by atoms with van der Waals surface area (Å²) in [6.07, 6.45) is 0. The summed E-state index contributed by atoms with van der Waals surface area (Å²) < 4.78 is 16.2. The number of hydrogen-bond acceptors (Lipinski definition) is 4. The molecule has 0 aliphatic rings. The summed E-state index contributed by atoms with van der Waals surface area (Å²) in [5.74, 6) is 2.03. The minimum absolute atomic E-state index is 0.0527. The fourth-order valence-electron chi connectivity index (χ4n) is 2.19. The lowest BCUT2D eigenvalue weighted by Crippen LogP contribution is -2.14. The molecule has 22 heavy (non-hydrogen) atoms. The molecule has 1 atom stereocenters. The first-order chi connectivity index (χ1) is 10.6. The van der Waals surface area contributed by atoms with E-state index in [-0.39, 0.29) is 14.4 Å². The molecule has 116 valence electrons. The van der Waals surface area contributed by atoms with Crippen molar-refractivity contribution in [3.63, 3.8) is 0 Å². The third kappa shape index (κ3) is 3.40. The Hall–Kier alpha value is -2.06. The number of ether oxygens (including phenoxy) is 3. The third-order valence-corrected chi connectivity index (χ3v) is 4.61. The highest BCUT2D eigenvalue weighted by molar-refractivity contribution is 7.56. The Morgan fingerprint density at radius 1 is 0.955 bits per heavy atom. The quantitative estimate of drug-likeness (QED) is 0.606. The van der Waals surface area contributed by atoms with Crippen molar-refractivity contribution in [2.75, 3.05) is 21.3 Å². The number of hydrogen-bond donors (Lipinski definition) is 0. The molecule has 0 aliphatic carbocycles. The lowest BCUT2D eigenvalue weighted by atomic mass is 10.1. The average molecular weight is 318 g/mol. The van der Waals surface area contributed by atoms with Gasteiger partial charge in [0.2, 0.25) is 0 Å². The largest absolute Gasteiger partial charge is 0.497 e. The van der Waals surface area contributed by atoms with Gasteiger partial charge in [-0.2, -0.15) is 0 Å². The van der Waals surface area contributed by atoms with Crippen molar-refractivity contribution in [1.29, 1.82) is 0 Å². The number of benzene rings is 2. The van der Waals surface area contributed by atoms with Crippen LogP contribution in [0.15, 0.2) is 36.4 Å². The van der Waals surface area contributed by atoms with Gasteiger partial charge in [0.1, 0.15) is 5.75 Å². The molecule has 5 heteroatoms. The molecule has 0 bridgehead atoms. The van der Waals surface area contributed by atoms with Crippen molar-refractivity contribution < 1.29 is 19.0 Å². The van der Waals surface area contributed by atoms with E-state index >= 15 is 0 Å². The van der Waals surface area contributed by atoms with Gasteiger partial charge in [0.05, 0.1) is 21.3 Å². The van der Waals surface area contributed by atoms with Crippen LogP contribution in [-0.4, -0.2) is 27.1 Å². The summed E-state index contributed by atoms with van der Waals surface area (Å²) in [5.41, 5.74) is 0.727. The van der Waals surface area contributed by atoms with Crippen LogP contribution in [0.25, 0.3) is 0 Å². The Morgan fingerprint density at radius 2 is 1.68 bits per heavy atom. The second-order valence-electron chi connectivity index (χ2n) is 4.64. The fraction of sp³-hybridized carbons (Fsp3) is 0.235. The first kappa shape index (κ1) is 16.3. The summed E-state index contributed by atoms with van der Waals surface area (Å²) in [6, 6.07) is 11.3. The summed E-state index contributed by atoms with van der Waals surface area (Å²) in [6.45, 7) is 1.58. The molecule has 0 spiro atoms. The van der Waals surface area contributed by atoms with E-state index in [2.05, 4.69) is 0 Å². The molecule has 0 radical (unpaired) electrons. The molecule has 0 aromatic heterocycles. The third-order valence-electron chi connectivity index (χ3n) is 3.26. The maximum atomic E-state index is 11.8. The summed E-state index contributed by atoms with van der Waals surface area (Å²) >= 11 is 0. The van der Waals surface area contributed by atoms with Crippen molar-refractivity contribution in [3.8, 4) is 17.2 Å². The number of carbonyl (C=O) groups is 1. The van der Waals surface area contributed by atoms with Crippen molar-refractivity contribution in [2.45, 2.75) is 6.92 Å². The highest BCUT2D eigenvalue weighted by Crippen LogP contribution is 2.34. The van der Waals surface area contributed by atoms with E-state index in [1.165, 1.54) is 0 Å². The zero-order valence-electron chi connectivity index (χ0n) is 13.1. The predicted octanol–water partition coefficient (Wildman–Crippen LogP) is 2.54. The Morgan fingerprint density at radius 3 is 2.27 bits per heavy atom. The maximum Gasteiger partial charge on any atom is 0.168 e. The van der Waals surface area contributed by atoms with Gasteiger partial charge in [0, 0.05) is 16.9 Å². The standard InChI is InChI=1S/C17H19O4P/c1-11(18)13-7-5-6-8-15(13)22-16-10-12(19-2)9-14(20-3)17(16)21-4/h5-10,22H,1-4H3. The number of carbonyl (C=O) groups excluding carboxylic acids is 1. The molecule has 2 aromatic rings. The van der Waals surface area contributed by atoms with E-state index < -0.39 is 0 Å². The molecule has 0 saturated carbocycles. The molecule has 0 fully saturated rings. The van der Waals surface area contributed by atoms with Crippen molar-refractivity contribution in [3.05, 3.63) is 42.0 Å². The lowest BCUT2D eigenvalue weighted by Gasteiger charge is -2.15. The van der Waals surface area contributed by atoms with Gasteiger partial charge in [-0.05, 0) is 18.3 Å². The van der Waals surface area contributed by atoms with Crippen LogP contribution in [0.3, 0.4) is 0 Å². The smallest absolute Gasteiger partial charge is 0.168 e. The molecule has 2 rings (SSSR count). The summed E-state index contributed by atoms with van der Waals surface area (Å²) in [7, 11) is 5.07. The normalized spacial score (nSPS) is 10.7. The Bertz CT molecular complexity index is 682. The number of methoxy groups -OCH3 is 3. The predicted molar refractivity (Wildman–Crippen MR) is 90.1 cm³/mol. The molecular formula is C17H19O4P. The van der Waals surface area contributed by atoms with Crippen LogP contribution in [0.5, 0.6) is 17.2 Å². The zero-order chi connectivity index (χ0) is 16.1. The van der Waals surface area contributed by atoms with E-state index in [0.717, 1.165) is 16.2 Å². The van der Waals surface area contributed by atoms with Gasteiger partial charge in [-0.3, -0.25) is 4.79 Å². The van der Waals surface area contributed by atoms with Crippen LogP contribution >= 0.6 is 8.58 Å². The maximum absolute atomic E-state index is 11.8. The fourth-order valence-corrected chi connectivity index (χ4v) is 3.61. The van der Waals surface area contributed by atoms with Gasteiger partial charge < -0.3 is 14.2 Å². The van der Waals surface area contributed by atoms with Gasteiger partial charge in [-0.25, -0.2) is 0 Å². The number of ketones is 1. The van der Waals surface area contributed by atoms with Crippen LogP contribution < -0.4 is 24.8 Å². The van der Waals surface area contributed by atoms with E-state index in [1.54, 1.807) is 34.3 Å². The molecule has 1 unspecified atom stereocenters. The Balaban J connectivity index is 2.51. The summed E-state index contributed by atoms with van der Waals surface area (Å²) in [4.78, 5) is 11.8. The van der Waals surface area contributed by atoms with Crippen LogP contribution in [0, 0.1) is 0 Å². The van der Waals surface area contributed by atoms with E-state index in [4.69, 9.17) is 14.2 Å². The number of rotatable bonds is 6. The molecule has 0 amide bonds. The second-order valence-corrected chi connectivity index (χ2v) is 5.96.